The fourth-order valence-corrected chi connectivity index (χ4v) is 8.81. The van der Waals surface area contributed by atoms with Gasteiger partial charge in [-0.25, -0.2) is 0 Å². The van der Waals surface area contributed by atoms with Gasteiger partial charge in [-0.2, -0.15) is 0 Å². The minimum absolute atomic E-state index is 0.0819. The Morgan fingerprint density at radius 1 is 0.324 bits per heavy atom. The molecule has 0 amide bonds. The molecule has 0 radical (unpaired) electrons. The van der Waals surface area contributed by atoms with Crippen LogP contribution in [0.25, 0.3) is 0 Å². The molecule has 0 saturated heterocycles. The molecule has 0 aromatic carbocycles. The third-order valence-electron chi connectivity index (χ3n) is 13.3. The van der Waals surface area contributed by atoms with E-state index in [0.29, 0.717) is 19.4 Å². The van der Waals surface area contributed by atoms with Crippen LogP contribution in [0.4, 0.5) is 0 Å². The predicted octanol–water partition coefficient (Wildman–Crippen LogP) is 20.7. The molecule has 0 aliphatic carbocycles. The molecule has 0 aliphatic rings. The molecule has 0 aromatic rings. The molecule has 398 valence electrons. The van der Waals surface area contributed by atoms with Gasteiger partial charge in [0.25, 0.3) is 0 Å². The van der Waals surface area contributed by atoms with Crippen LogP contribution in [-0.2, 0) is 23.8 Å². The highest BCUT2D eigenvalue weighted by Gasteiger charge is 2.17. The Morgan fingerprint density at radius 2 is 0.618 bits per heavy atom. The Morgan fingerprint density at radius 3 is 1.04 bits per heavy atom. The van der Waals surface area contributed by atoms with E-state index in [-0.39, 0.29) is 25.2 Å². The quantitative estimate of drug-likeness (QED) is 0.0345. The smallest absolute Gasteiger partial charge is 0.306 e. The molecule has 1 atom stereocenters. The number of hydrogen-bond acceptors (Lipinski definition) is 5. The van der Waals surface area contributed by atoms with E-state index < -0.39 is 6.10 Å². The summed E-state index contributed by atoms with van der Waals surface area (Å²) in [5.74, 6) is -0.396. The average molecular weight is 954 g/mol. The molecular formula is C63H116O5. The lowest BCUT2D eigenvalue weighted by atomic mass is 10.0. The molecule has 0 heterocycles. The summed E-state index contributed by atoms with van der Waals surface area (Å²) in [4.78, 5) is 25.5. The van der Waals surface area contributed by atoms with Crippen molar-refractivity contribution in [3.63, 3.8) is 0 Å². The van der Waals surface area contributed by atoms with Gasteiger partial charge < -0.3 is 14.2 Å². The number of unbranched alkanes of at least 4 members (excludes halogenated alkanes) is 37. The summed E-state index contributed by atoms with van der Waals surface area (Å²) in [6.45, 7) is 7.81. The molecule has 0 fully saturated rings. The number of esters is 2. The lowest BCUT2D eigenvalue weighted by Gasteiger charge is -2.18. The number of ether oxygens (including phenoxy) is 3. The molecule has 0 spiro atoms. The fourth-order valence-electron chi connectivity index (χ4n) is 8.81. The van der Waals surface area contributed by atoms with Gasteiger partial charge in [0.15, 0.2) is 6.10 Å². The molecule has 0 rings (SSSR count). The normalized spacial score (nSPS) is 12.5. The Kier molecular flexibility index (Phi) is 57.3. The molecule has 0 bridgehead atoms. The van der Waals surface area contributed by atoms with E-state index in [2.05, 4.69) is 69.4 Å². The monoisotopic (exact) mass is 953 g/mol. The Labute approximate surface area is 424 Å². The summed E-state index contributed by atoms with van der Waals surface area (Å²) in [6.07, 6.45) is 74.2. The number of carbonyl (C=O) groups excluding carboxylic acids is 2. The van der Waals surface area contributed by atoms with Crippen molar-refractivity contribution < 1.29 is 23.8 Å². The van der Waals surface area contributed by atoms with E-state index in [1.807, 2.05) is 0 Å². The van der Waals surface area contributed by atoms with Gasteiger partial charge in [-0.1, -0.05) is 268 Å². The number of rotatable bonds is 56. The van der Waals surface area contributed by atoms with E-state index in [0.717, 1.165) is 64.2 Å². The van der Waals surface area contributed by atoms with E-state index in [9.17, 15) is 9.59 Å². The van der Waals surface area contributed by atoms with Crippen LogP contribution < -0.4 is 0 Å². The molecule has 0 aliphatic heterocycles. The van der Waals surface area contributed by atoms with Crippen LogP contribution in [0.15, 0.2) is 48.6 Å². The second kappa shape index (κ2) is 59.2. The average Bonchev–Trinajstić information content (AvgIpc) is 3.34. The first kappa shape index (κ1) is 65.9. The van der Waals surface area contributed by atoms with E-state index in [1.165, 1.54) is 218 Å². The van der Waals surface area contributed by atoms with Crippen molar-refractivity contribution in [2.75, 3.05) is 19.8 Å². The van der Waals surface area contributed by atoms with Crippen molar-refractivity contribution >= 4 is 11.9 Å². The standard InChI is InChI=1S/C63H116O5/c1-4-7-10-13-16-19-22-25-27-29-31-33-35-37-40-43-46-49-52-55-58-66-59-61(68-63(65)57-54-51-48-45-42-38-24-21-18-15-12-9-6-3)60-67-62(64)56-53-50-47-44-41-39-36-34-32-30-28-26-23-20-17-14-11-8-5-2/h16,19,21,24-25,27,31,33,61H,4-15,17-18,20,22-23,26,28-30,32,34-60H2,1-3H3/b19-16-,24-21-,27-25-,33-31-. The zero-order valence-corrected chi connectivity index (χ0v) is 45.9. The van der Waals surface area contributed by atoms with Crippen LogP contribution in [0, 0.1) is 0 Å². The maximum Gasteiger partial charge on any atom is 0.306 e. The van der Waals surface area contributed by atoms with Crippen molar-refractivity contribution in [2.45, 2.75) is 322 Å². The first-order valence-corrected chi connectivity index (χ1v) is 30.2. The van der Waals surface area contributed by atoms with Crippen LogP contribution in [0.1, 0.15) is 316 Å². The van der Waals surface area contributed by atoms with Crippen molar-refractivity contribution in [1.82, 2.24) is 0 Å². The van der Waals surface area contributed by atoms with Crippen molar-refractivity contribution in [3.05, 3.63) is 48.6 Å². The number of allylic oxidation sites excluding steroid dienone is 8. The van der Waals surface area contributed by atoms with Gasteiger partial charge in [-0.3, -0.25) is 9.59 Å². The van der Waals surface area contributed by atoms with Crippen LogP contribution in [0.2, 0.25) is 0 Å². The van der Waals surface area contributed by atoms with Crippen LogP contribution >= 0.6 is 0 Å². The van der Waals surface area contributed by atoms with E-state index in [1.54, 1.807) is 0 Å². The second-order valence-electron chi connectivity index (χ2n) is 20.3. The summed E-state index contributed by atoms with van der Waals surface area (Å²) in [5.41, 5.74) is 0. The zero-order valence-electron chi connectivity index (χ0n) is 45.9. The maximum absolute atomic E-state index is 12.8. The van der Waals surface area contributed by atoms with Gasteiger partial charge in [-0.05, 0) is 83.5 Å². The summed E-state index contributed by atoms with van der Waals surface area (Å²) in [7, 11) is 0. The van der Waals surface area contributed by atoms with Crippen molar-refractivity contribution in [2.24, 2.45) is 0 Å². The third-order valence-corrected chi connectivity index (χ3v) is 13.3. The Balaban J connectivity index is 4.23. The minimum atomic E-state index is -0.544. The largest absolute Gasteiger partial charge is 0.462 e. The van der Waals surface area contributed by atoms with Gasteiger partial charge in [0.05, 0.1) is 6.61 Å². The van der Waals surface area contributed by atoms with Gasteiger partial charge in [0, 0.05) is 19.4 Å². The van der Waals surface area contributed by atoms with Crippen LogP contribution in [0.3, 0.4) is 0 Å². The van der Waals surface area contributed by atoms with Gasteiger partial charge in [-0.15, -0.1) is 0 Å². The van der Waals surface area contributed by atoms with Gasteiger partial charge >= 0.3 is 11.9 Å². The topological polar surface area (TPSA) is 61.8 Å². The first-order chi connectivity index (χ1) is 33.6. The third kappa shape index (κ3) is 56.4. The maximum atomic E-state index is 12.8. The fraction of sp³-hybridized carbons (Fsp3) is 0.841. The lowest BCUT2D eigenvalue weighted by molar-refractivity contribution is -0.163. The Bertz CT molecular complexity index is 1120. The van der Waals surface area contributed by atoms with Crippen molar-refractivity contribution in [1.29, 1.82) is 0 Å². The molecule has 0 aromatic heterocycles. The van der Waals surface area contributed by atoms with Crippen molar-refractivity contribution in [3.8, 4) is 0 Å². The lowest BCUT2D eigenvalue weighted by Crippen LogP contribution is -2.30. The summed E-state index contributed by atoms with van der Waals surface area (Å²) < 4.78 is 17.5. The highest BCUT2D eigenvalue weighted by atomic mass is 16.6. The highest BCUT2D eigenvalue weighted by Crippen LogP contribution is 2.16. The van der Waals surface area contributed by atoms with E-state index in [4.69, 9.17) is 14.2 Å². The predicted molar refractivity (Wildman–Crippen MR) is 298 cm³/mol. The number of carbonyl (C=O) groups is 2. The van der Waals surface area contributed by atoms with Crippen LogP contribution in [-0.4, -0.2) is 37.9 Å². The van der Waals surface area contributed by atoms with Gasteiger partial charge in [0.1, 0.15) is 6.61 Å². The van der Waals surface area contributed by atoms with E-state index >= 15 is 0 Å². The summed E-state index contributed by atoms with van der Waals surface area (Å²) in [5, 5.41) is 0. The second-order valence-corrected chi connectivity index (χ2v) is 20.3. The zero-order chi connectivity index (χ0) is 49.2. The molecule has 0 saturated carbocycles. The molecule has 0 N–H and O–H groups in total. The number of hydrogen-bond donors (Lipinski definition) is 0. The highest BCUT2D eigenvalue weighted by molar-refractivity contribution is 5.70. The molecular weight excluding hydrogens is 837 g/mol. The van der Waals surface area contributed by atoms with Crippen LogP contribution in [0.5, 0.6) is 0 Å². The molecule has 5 nitrogen and oxygen atoms in total. The Hall–Kier alpha value is -2.14. The summed E-state index contributed by atoms with van der Waals surface area (Å²) in [6, 6.07) is 0. The first-order valence-electron chi connectivity index (χ1n) is 30.2. The minimum Gasteiger partial charge on any atom is -0.462 e. The summed E-state index contributed by atoms with van der Waals surface area (Å²) >= 11 is 0. The molecule has 5 heteroatoms. The van der Waals surface area contributed by atoms with Gasteiger partial charge in [0.2, 0.25) is 0 Å². The molecule has 68 heavy (non-hydrogen) atoms. The SMILES string of the molecule is CCCCC/C=C\C/C=C\C/C=C\CCCCCCCCCOCC(COC(=O)CCCCCCCCCCCCCCCCCCCCC)OC(=O)CCCCCCC/C=C\CCCCCC. The molecule has 1 unspecified atom stereocenters.